The van der Waals surface area contributed by atoms with Crippen molar-refractivity contribution in [1.82, 2.24) is 0 Å². The number of benzene rings is 3. The minimum atomic E-state index is -0.807. The van der Waals surface area contributed by atoms with Gasteiger partial charge >= 0.3 is 0 Å². The second kappa shape index (κ2) is 8.38. The molecule has 0 bridgehead atoms. The average molecular weight is 447 g/mol. The summed E-state index contributed by atoms with van der Waals surface area (Å²) in [6.07, 6.45) is 0. The van der Waals surface area contributed by atoms with E-state index in [2.05, 4.69) is 10.6 Å². The van der Waals surface area contributed by atoms with E-state index < -0.39 is 33.0 Å². The third-order valence-electron chi connectivity index (χ3n) is 5.16. The lowest BCUT2D eigenvalue weighted by Gasteiger charge is -2.29. The Morgan fingerprint density at radius 1 is 1.03 bits per heavy atom. The maximum absolute atomic E-state index is 13.6. The first-order valence-electron chi connectivity index (χ1n) is 9.76. The van der Waals surface area contributed by atoms with Crippen LogP contribution in [-0.2, 0) is 4.79 Å². The maximum atomic E-state index is 13.6. The van der Waals surface area contributed by atoms with Gasteiger partial charge in [-0.2, -0.15) is 0 Å². The van der Waals surface area contributed by atoms with Gasteiger partial charge in [0.2, 0.25) is 5.91 Å². The molecule has 3 aromatic rings. The number of aryl methyl sites for hydroxylation is 1. The maximum Gasteiger partial charge on any atom is 0.300 e. The number of carbonyl (C=O) groups is 2. The van der Waals surface area contributed by atoms with Crippen LogP contribution < -0.4 is 15.5 Å². The summed E-state index contributed by atoms with van der Waals surface area (Å²) >= 11 is 0. The van der Waals surface area contributed by atoms with Crippen molar-refractivity contribution < 1.29 is 19.4 Å². The van der Waals surface area contributed by atoms with Crippen molar-refractivity contribution in [3.8, 4) is 0 Å². The van der Waals surface area contributed by atoms with E-state index in [1.54, 1.807) is 55.5 Å². The van der Waals surface area contributed by atoms with E-state index in [1.807, 2.05) is 0 Å². The van der Waals surface area contributed by atoms with E-state index in [-0.39, 0.29) is 17.8 Å². The van der Waals surface area contributed by atoms with Crippen molar-refractivity contribution >= 4 is 45.9 Å². The summed E-state index contributed by atoms with van der Waals surface area (Å²) in [5, 5.41) is 28.9. The van der Waals surface area contributed by atoms with Crippen molar-refractivity contribution in [2.24, 2.45) is 0 Å². The molecule has 0 saturated carbocycles. The van der Waals surface area contributed by atoms with E-state index in [0.29, 0.717) is 17.1 Å². The molecule has 4 rings (SSSR count). The number of nitrogens with zero attached hydrogens (tertiary/aromatic N) is 3. The van der Waals surface area contributed by atoms with E-state index in [1.165, 1.54) is 0 Å². The van der Waals surface area contributed by atoms with Crippen LogP contribution in [0.3, 0.4) is 0 Å². The van der Waals surface area contributed by atoms with Gasteiger partial charge in [-0.3, -0.25) is 34.7 Å². The smallest absolute Gasteiger partial charge is 0.300 e. The minimum absolute atomic E-state index is 0.201. The van der Waals surface area contributed by atoms with Gasteiger partial charge in [0.1, 0.15) is 12.2 Å². The molecule has 11 heteroatoms. The van der Waals surface area contributed by atoms with Crippen LogP contribution in [0.5, 0.6) is 0 Å². The van der Waals surface area contributed by atoms with Gasteiger partial charge in [0.05, 0.1) is 32.9 Å². The second-order valence-corrected chi connectivity index (χ2v) is 7.30. The van der Waals surface area contributed by atoms with Crippen molar-refractivity contribution in [1.29, 1.82) is 0 Å². The molecule has 0 unspecified atom stereocenters. The van der Waals surface area contributed by atoms with E-state index >= 15 is 0 Å². The summed E-state index contributed by atoms with van der Waals surface area (Å²) in [7, 11) is 0. The number of fused-ring (bicyclic) bond motifs is 1. The van der Waals surface area contributed by atoms with Crippen LogP contribution in [0.15, 0.2) is 60.7 Å². The molecule has 1 heterocycles. The highest BCUT2D eigenvalue weighted by Crippen LogP contribution is 2.38. The van der Waals surface area contributed by atoms with Crippen LogP contribution in [0.1, 0.15) is 15.9 Å². The van der Waals surface area contributed by atoms with Gasteiger partial charge in [-0.25, -0.2) is 0 Å². The molecule has 1 aliphatic rings. The van der Waals surface area contributed by atoms with Gasteiger partial charge in [-0.05, 0) is 30.7 Å². The van der Waals surface area contributed by atoms with Crippen molar-refractivity contribution in [2.45, 2.75) is 6.92 Å². The van der Waals surface area contributed by atoms with Crippen molar-refractivity contribution in [2.75, 3.05) is 22.1 Å². The van der Waals surface area contributed by atoms with Crippen LogP contribution in [-0.4, -0.2) is 28.2 Å². The topological polar surface area (TPSA) is 148 Å². The number of amides is 2. The molecular weight excluding hydrogens is 430 g/mol. The zero-order valence-corrected chi connectivity index (χ0v) is 17.3. The van der Waals surface area contributed by atoms with Gasteiger partial charge in [-0.15, -0.1) is 0 Å². The van der Waals surface area contributed by atoms with Crippen LogP contribution >= 0.6 is 0 Å². The van der Waals surface area contributed by atoms with Crippen LogP contribution in [0, 0.1) is 27.2 Å². The fraction of sp³-hybridized carbons (Fsp3) is 0.0909. The standard InChI is InChI=1S/C22H17N5O6/c1-13-6-2-3-7-16(13)24-21-15(10-14(26(30)31)11-19(21)27(32)33)22(29)25-12-20(28)23-17-8-4-5-9-18(17)25/h2-11,24H,12H2,1H3,(H,23,28). The number of nitro groups is 2. The predicted octanol–water partition coefficient (Wildman–Crippen LogP) is 4.15. The molecule has 166 valence electrons. The molecule has 0 aliphatic carbocycles. The summed E-state index contributed by atoms with van der Waals surface area (Å²) in [6.45, 7) is 1.42. The molecule has 2 amide bonds. The van der Waals surface area contributed by atoms with Crippen LogP contribution in [0.4, 0.5) is 34.1 Å². The molecule has 0 atom stereocenters. The van der Waals surface area contributed by atoms with Gasteiger partial charge < -0.3 is 10.6 Å². The Hall–Kier alpha value is -4.80. The molecule has 0 saturated heterocycles. The first kappa shape index (κ1) is 21.4. The molecule has 11 nitrogen and oxygen atoms in total. The second-order valence-electron chi connectivity index (χ2n) is 7.30. The average Bonchev–Trinajstić information content (AvgIpc) is 2.79. The number of rotatable bonds is 5. The first-order valence-corrected chi connectivity index (χ1v) is 9.76. The quantitative estimate of drug-likeness (QED) is 0.441. The Morgan fingerprint density at radius 2 is 1.73 bits per heavy atom. The van der Waals surface area contributed by atoms with Crippen molar-refractivity contribution in [3.05, 3.63) is 92.0 Å². The minimum Gasteiger partial charge on any atom is -0.349 e. The number of hydrogen-bond acceptors (Lipinski definition) is 7. The lowest BCUT2D eigenvalue weighted by molar-refractivity contribution is -0.393. The molecule has 1 aliphatic heterocycles. The number of non-ortho nitro benzene ring substituents is 1. The first-order chi connectivity index (χ1) is 15.8. The van der Waals surface area contributed by atoms with Gasteiger partial charge in [0.15, 0.2) is 0 Å². The zero-order chi connectivity index (χ0) is 23.7. The lowest BCUT2D eigenvalue weighted by Crippen LogP contribution is -2.42. The number of nitrogens with one attached hydrogen (secondary N) is 2. The number of nitro benzene ring substituents is 2. The van der Waals surface area contributed by atoms with Gasteiger partial charge in [-0.1, -0.05) is 30.3 Å². The Balaban J connectivity index is 1.92. The van der Waals surface area contributed by atoms with E-state index in [9.17, 15) is 29.8 Å². The third-order valence-corrected chi connectivity index (χ3v) is 5.16. The highest BCUT2D eigenvalue weighted by Gasteiger charge is 2.33. The van der Waals surface area contributed by atoms with Gasteiger partial charge in [0.25, 0.3) is 17.3 Å². The summed E-state index contributed by atoms with van der Waals surface area (Å²) in [5.41, 5.74) is 0.234. The number of carbonyl (C=O) groups excluding carboxylic acids is 2. The normalized spacial score (nSPS) is 12.5. The van der Waals surface area contributed by atoms with E-state index in [4.69, 9.17) is 0 Å². The molecular formula is C22H17N5O6. The SMILES string of the molecule is Cc1ccccc1Nc1c(C(=O)N2CC(=O)Nc3ccccc32)cc([N+](=O)[O-])cc1[N+](=O)[O-]. The molecule has 2 N–H and O–H groups in total. The Bertz CT molecular complexity index is 1320. The number of anilines is 4. The summed E-state index contributed by atoms with van der Waals surface area (Å²) < 4.78 is 0. The highest BCUT2D eigenvalue weighted by atomic mass is 16.6. The van der Waals surface area contributed by atoms with Crippen LogP contribution in [0.25, 0.3) is 0 Å². The summed E-state index contributed by atoms with van der Waals surface area (Å²) in [6, 6.07) is 15.3. The molecule has 3 aromatic carbocycles. The van der Waals surface area contributed by atoms with Gasteiger partial charge in [0, 0.05) is 11.8 Å². The third kappa shape index (κ3) is 4.06. The largest absolute Gasteiger partial charge is 0.349 e. The van der Waals surface area contributed by atoms with E-state index in [0.717, 1.165) is 22.6 Å². The number of hydrogen-bond donors (Lipinski definition) is 2. The highest BCUT2D eigenvalue weighted by molar-refractivity contribution is 6.18. The van der Waals surface area contributed by atoms with Crippen LogP contribution in [0.2, 0.25) is 0 Å². The fourth-order valence-electron chi connectivity index (χ4n) is 3.57. The zero-order valence-electron chi connectivity index (χ0n) is 17.3. The summed E-state index contributed by atoms with van der Waals surface area (Å²) in [5.74, 6) is -1.25. The monoisotopic (exact) mass is 447 g/mol. The number of para-hydroxylation sites is 3. The predicted molar refractivity (Wildman–Crippen MR) is 121 cm³/mol. The molecule has 0 fully saturated rings. The molecule has 0 radical (unpaired) electrons. The molecule has 33 heavy (non-hydrogen) atoms. The molecule has 0 aromatic heterocycles. The Labute approximate surface area is 186 Å². The molecule has 0 spiro atoms. The van der Waals surface area contributed by atoms with Crippen molar-refractivity contribution in [3.63, 3.8) is 0 Å². The Morgan fingerprint density at radius 3 is 2.42 bits per heavy atom. The lowest BCUT2D eigenvalue weighted by atomic mass is 10.1. The fourth-order valence-corrected chi connectivity index (χ4v) is 3.57. The summed E-state index contributed by atoms with van der Waals surface area (Å²) in [4.78, 5) is 48.7. The Kier molecular flexibility index (Phi) is 5.44.